The highest BCUT2D eigenvalue weighted by Gasteiger charge is 2.31. The maximum absolute atomic E-state index is 3.68. The third-order valence-electron chi connectivity index (χ3n) is 4.27. The second-order valence-electron chi connectivity index (χ2n) is 5.54. The predicted octanol–water partition coefficient (Wildman–Crippen LogP) is 3.75. The Hall–Kier alpha value is -0.380. The number of aryl methyl sites for hydroxylation is 1. The summed E-state index contributed by atoms with van der Waals surface area (Å²) in [4.78, 5) is 2.63. The monoisotopic (exact) mass is 324 g/mol. The third-order valence-corrected chi connectivity index (χ3v) is 5.12. The van der Waals surface area contributed by atoms with E-state index < -0.39 is 0 Å². The van der Waals surface area contributed by atoms with Crippen molar-refractivity contribution in [2.75, 3.05) is 26.7 Å². The highest BCUT2D eigenvalue weighted by molar-refractivity contribution is 9.10. The fraction of sp³-hybridized carbons (Fsp3) is 0.625. The minimum atomic E-state index is 0.558. The zero-order chi connectivity index (χ0) is 13.8. The van der Waals surface area contributed by atoms with Crippen molar-refractivity contribution in [2.24, 2.45) is 5.92 Å². The third kappa shape index (κ3) is 3.39. The van der Waals surface area contributed by atoms with Crippen molar-refractivity contribution in [1.29, 1.82) is 0 Å². The van der Waals surface area contributed by atoms with Gasteiger partial charge in [-0.05, 0) is 69.6 Å². The Morgan fingerprint density at radius 3 is 2.84 bits per heavy atom. The molecule has 1 fully saturated rings. The van der Waals surface area contributed by atoms with Crippen LogP contribution in [0, 0.1) is 12.8 Å². The Labute approximate surface area is 125 Å². The topological polar surface area (TPSA) is 15.3 Å². The molecule has 0 amide bonds. The van der Waals surface area contributed by atoms with Gasteiger partial charge in [0.15, 0.2) is 0 Å². The number of hydrogen-bond acceptors (Lipinski definition) is 2. The Kier molecular flexibility index (Phi) is 5.43. The Balaban J connectivity index is 2.30. The summed E-state index contributed by atoms with van der Waals surface area (Å²) in [7, 11) is 2.06. The van der Waals surface area contributed by atoms with Gasteiger partial charge >= 0.3 is 0 Å². The summed E-state index contributed by atoms with van der Waals surface area (Å²) in [6.07, 6.45) is 2.65. The summed E-state index contributed by atoms with van der Waals surface area (Å²) in [6.45, 7) is 7.89. The van der Waals surface area contributed by atoms with Crippen molar-refractivity contribution < 1.29 is 0 Å². The van der Waals surface area contributed by atoms with Gasteiger partial charge in [-0.1, -0.05) is 35.0 Å². The minimum Gasteiger partial charge on any atom is -0.319 e. The quantitative estimate of drug-likeness (QED) is 0.907. The van der Waals surface area contributed by atoms with E-state index in [-0.39, 0.29) is 0 Å². The molecule has 1 aromatic rings. The van der Waals surface area contributed by atoms with Crippen LogP contribution in [0.15, 0.2) is 22.7 Å². The summed E-state index contributed by atoms with van der Waals surface area (Å²) in [6, 6.07) is 7.42. The number of piperidine rings is 1. The molecule has 1 heterocycles. The van der Waals surface area contributed by atoms with E-state index in [1.165, 1.54) is 35.0 Å². The molecular weight excluding hydrogens is 300 g/mol. The lowest BCUT2D eigenvalue weighted by atomic mass is 9.84. The molecule has 0 spiro atoms. The second kappa shape index (κ2) is 6.87. The van der Waals surface area contributed by atoms with Crippen LogP contribution in [-0.4, -0.2) is 31.6 Å². The molecule has 0 bridgehead atoms. The van der Waals surface area contributed by atoms with Crippen LogP contribution in [-0.2, 0) is 0 Å². The van der Waals surface area contributed by atoms with Gasteiger partial charge in [-0.25, -0.2) is 0 Å². The summed E-state index contributed by atoms with van der Waals surface area (Å²) >= 11 is 3.68. The summed E-state index contributed by atoms with van der Waals surface area (Å²) in [5.74, 6) is 0.716. The van der Waals surface area contributed by atoms with Crippen molar-refractivity contribution in [1.82, 2.24) is 10.2 Å². The second-order valence-corrected chi connectivity index (χ2v) is 6.40. The molecule has 0 aromatic heterocycles. The molecule has 106 valence electrons. The largest absolute Gasteiger partial charge is 0.319 e. The molecule has 1 N–H and O–H groups in total. The van der Waals surface area contributed by atoms with Gasteiger partial charge in [-0.3, -0.25) is 4.90 Å². The molecule has 2 rings (SSSR count). The number of hydrogen-bond donors (Lipinski definition) is 1. The van der Waals surface area contributed by atoms with Crippen LogP contribution in [0.1, 0.15) is 36.9 Å². The fourth-order valence-electron chi connectivity index (χ4n) is 3.26. The van der Waals surface area contributed by atoms with Gasteiger partial charge in [0.05, 0.1) is 0 Å². The maximum Gasteiger partial charge on any atom is 0.0388 e. The van der Waals surface area contributed by atoms with Crippen LogP contribution >= 0.6 is 15.9 Å². The molecule has 3 heteroatoms. The first-order valence-electron chi connectivity index (χ1n) is 7.32. The fourth-order valence-corrected chi connectivity index (χ4v) is 3.65. The van der Waals surface area contributed by atoms with Crippen molar-refractivity contribution in [2.45, 2.75) is 32.7 Å². The molecule has 1 aliphatic rings. The maximum atomic E-state index is 3.68. The molecule has 2 unspecified atom stereocenters. The lowest BCUT2D eigenvalue weighted by molar-refractivity contribution is 0.0981. The average Bonchev–Trinajstić information content (AvgIpc) is 2.42. The summed E-state index contributed by atoms with van der Waals surface area (Å²) < 4.78 is 1.23. The van der Waals surface area contributed by atoms with Crippen molar-refractivity contribution in [3.8, 4) is 0 Å². The van der Waals surface area contributed by atoms with Crippen LogP contribution in [0.25, 0.3) is 0 Å². The molecule has 1 aromatic carbocycles. The van der Waals surface area contributed by atoms with E-state index >= 15 is 0 Å². The molecule has 0 saturated carbocycles. The number of nitrogens with zero attached hydrogens (tertiary/aromatic N) is 1. The van der Waals surface area contributed by atoms with Gasteiger partial charge in [0.25, 0.3) is 0 Å². The van der Waals surface area contributed by atoms with E-state index in [1.807, 2.05) is 0 Å². The van der Waals surface area contributed by atoms with E-state index in [9.17, 15) is 0 Å². The zero-order valence-corrected chi connectivity index (χ0v) is 13.8. The van der Waals surface area contributed by atoms with Crippen molar-refractivity contribution >= 4 is 15.9 Å². The van der Waals surface area contributed by atoms with Crippen molar-refractivity contribution in [3.63, 3.8) is 0 Å². The van der Waals surface area contributed by atoms with Gasteiger partial charge in [0, 0.05) is 10.5 Å². The summed E-state index contributed by atoms with van der Waals surface area (Å²) in [5, 5.41) is 3.37. The van der Waals surface area contributed by atoms with E-state index in [0.29, 0.717) is 12.0 Å². The van der Waals surface area contributed by atoms with Gasteiger partial charge in [-0.15, -0.1) is 0 Å². The SMILES string of the molecule is CCN1CCCC(CNC)C1c1ccc(C)c(Br)c1. The standard InChI is InChI=1S/C16H25BrN2/c1-4-19-9-5-6-14(11-18-3)16(19)13-8-7-12(2)15(17)10-13/h7-8,10,14,16,18H,4-6,9,11H2,1-3H3. The number of benzene rings is 1. The lowest BCUT2D eigenvalue weighted by Crippen LogP contribution is -2.42. The number of rotatable bonds is 4. The minimum absolute atomic E-state index is 0.558. The Morgan fingerprint density at radius 1 is 1.42 bits per heavy atom. The first-order chi connectivity index (χ1) is 9.17. The van der Waals surface area contributed by atoms with E-state index in [0.717, 1.165) is 13.1 Å². The number of halogens is 1. The Morgan fingerprint density at radius 2 is 2.21 bits per heavy atom. The first kappa shape index (κ1) is 15.0. The van der Waals surface area contributed by atoms with Crippen LogP contribution < -0.4 is 5.32 Å². The van der Waals surface area contributed by atoms with E-state index in [1.54, 1.807) is 0 Å². The van der Waals surface area contributed by atoms with Gasteiger partial charge < -0.3 is 5.32 Å². The first-order valence-corrected chi connectivity index (χ1v) is 8.11. The highest BCUT2D eigenvalue weighted by atomic mass is 79.9. The molecule has 19 heavy (non-hydrogen) atoms. The van der Waals surface area contributed by atoms with Crippen LogP contribution in [0.3, 0.4) is 0 Å². The Bertz CT molecular complexity index is 417. The van der Waals surface area contributed by atoms with Gasteiger partial charge in [0.2, 0.25) is 0 Å². The molecule has 0 radical (unpaired) electrons. The van der Waals surface area contributed by atoms with Gasteiger partial charge in [-0.2, -0.15) is 0 Å². The van der Waals surface area contributed by atoms with E-state index in [2.05, 4.69) is 65.2 Å². The van der Waals surface area contributed by atoms with Crippen LogP contribution in [0.4, 0.5) is 0 Å². The van der Waals surface area contributed by atoms with Crippen LogP contribution in [0.5, 0.6) is 0 Å². The lowest BCUT2D eigenvalue weighted by Gasteiger charge is -2.41. The predicted molar refractivity (Wildman–Crippen MR) is 85.5 cm³/mol. The smallest absolute Gasteiger partial charge is 0.0388 e. The normalized spacial score (nSPS) is 24.6. The molecule has 2 atom stereocenters. The van der Waals surface area contributed by atoms with E-state index in [4.69, 9.17) is 0 Å². The molecule has 1 saturated heterocycles. The molecule has 2 nitrogen and oxygen atoms in total. The zero-order valence-electron chi connectivity index (χ0n) is 12.2. The summed E-state index contributed by atoms with van der Waals surface area (Å²) in [5.41, 5.74) is 2.77. The number of nitrogens with one attached hydrogen (secondary N) is 1. The molecule has 1 aliphatic heterocycles. The number of likely N-dealkylation sites (tertiary alicyclic amines) is 1. The highest BCUT2D eigenvalue weighted by Crippen LogP contribution is 2.36. The van der Waals surface area contributed by atoms with Crippen LogP contribution in [0.2, 0.25) is 0 Å². The van der Waals surface area contributed by atoms with Gasteiger partial charge in [0.1, 0.15) is 0 Å². The van der Waals surface area contributed by atoms with Crippen molar-refractivity contribution in [3.05, 3.63) is 33.8 Å². The molecule has 0 aliphatic carbocycles. The molecular formula is C16H25BrN2. The average molecular weight is 325 g/mol.